The molecular weight excluding hydrogens is 277 g/mol. The van der Waals surface area contributed by atoms with E-state index in [9.17, 15) is 13.2 Å². The van der Waals surface area contributed by atoms with Crippen molar-refractivity contribution in [2.45, 2.75) is 13.0 Å². The largest absolute Gasteiger partial charge is 0.432 e. The standard InChI is InChI=1S/C11H11F3N4O2/c12-6-3-7(15)8(4-9(6)20-11(13)14)16-2-1-10-17-5-19-18-10/h3-5,11,16H,1-2,15H2. The van der Waals surface area contributed by atoms with Crippen LogP contribution >= 0.6 is 0 Å². The van der Waals surface area contributed by atoms with Crippen molar-refractivity contribution in [3.05, 3.63) is 30.2 Å². The molecule has 1 aromatic heterocycles. The molecule has 0 amide bonds. The average Bonchev–Trinajstić information content (AvgIpc) is 2.87. The van der Waals surface area contributed by atoms with Crippen molar-refractivity contribution in [2.24, 2.45) is 0 Å². The van der Waals surface area contributed by atoms with Crippen molar-refractivity contribution >= 4 is 11.4 Å². The number of benzene rings is 1. The molecule has 20 heavy (non-hydrogen) atoms. The van der Waals surface area contributed by atoms with Gasteiger partial charge in [-0.2, -0.15) is 13.8 Å². The predicted molar refractivity (Wildman–Crippen MR) is 63.9 cm³/mol. The molecule has 2 rings (SSSR count). The Kier molecular flexibility index (Phi) is 4.28. The highest BCUT2D eigenvalue weighted by atomic mass is 19.3. The number of halogens is 3. The number of nitrogens with two attached hydrogens (primary N) is 1. The van der Waals surface area contributed by atoms with Gasteiger partial charge in [0.1, 0.15) is 0 Å². The van der Waals surface area contributed by atoms with Gasteiger partial charge in [-0.25, -0.2) is 4.39 Å². The number of alkyl halides is 2. The Bertz CT molecular complexity index is 563. The first-order valence-electron chi connectivity index (χ1n) is 5.59. The lowest BCUT2D eigenvalue weighted by atomic mass is 10.2. The van der Waals surface area contributed by atoms with Gasteiger partial charge in [-0.3, -0.25) is 0 Å². The summed E-state index contributed by atoms with van der Waals surface area (Å²) in [7, 11) is 0. The first kappa shape index (κ1) is 14.0. The second-order valence-electron chi connectivity index (χ2n) is 3.77. The molecule has 0 radical (unpaired) electrons. The van der Waals surface area contributed by atoms with Crippen LogP contribution in [0.25, 0.3) is 0 Å². The maximum absolute atomic E-state index is 13.3. The Morgan fingerprint density at radius 1 is 1.40 bits per heavy atom. The highest BCUT2D eigenvalue weighted by Gasteiger charge is 2.13. The lowest BCUT2D eigenvalue weighted by Crippen LogP contribution is -2.10. The normalized spacial score (nSPS) is 10.8. The highest BCUT2D eigenvalue weighted by Crippen LogP contribution is 2.29. The van der Waals surface area contributed by atoms with E-state index in [-0.39, 0.29) is 11.4 Å². The summed E-state index contributed by atoms with van der Waals surface area (Å²) in [4.78, 5) is 3.81. The molecule has 0 aliphatic rings. The van der Waals surface area contributed by atoms with E-state index in [4.69, 9.17) is 5.73 Å². The van der Waals surface area contributed by atoms with Gasteiger partial charge < -0.3 is 20.3 Å². The molecule has 0 saturated heterocycles. The smallest absolute Gasteiger partial charge is 0.387 e. The zero-order chi connectivity index (χ0) is 14.5. The van der Waals surface area contributed by atoms with Gasteiger partial charge in [0.15, 0.2) is 17.4 Å². The summed E-state index contributed by atoms with van der Waals surface area (Å²) in [6, 6.07) is 1.99. The molecule has 0 saturated carbocycles. The zero-order valence-electron chi connectivity index (χ0n) is 10.1. The van der Waals surface area contributed by atoms with Crippen LogP contribution in [0.5, 0.6) is 5.75 Å². The third-order valence-electron chi connectivity index (χ3n) is 2.39. The number of nitrogens with one attached hydrogen (secondary N) is 1. The predicted octanol–water partition coefficient (Wildman–Crippen LogP) is 2.05. The Hall–Kier alpha value is -2.45. The van der Waals surface area contributed by atoms with Crippen molar-refractivity contribution in [1.29, 1.82) is 0 Å². The van der Waals surface area contributed by atoms with Crippen LogP contribution in [-0.2, 0) is 6.42 Å². The molecule has 0 bridgehead atoms. The minimum absolute atomic E-state index is 0.0808. The van der Waals surface area contributed by atoms with Crippen LogP contribution < -0.4 is 15.8 Å². The molecule has 0 spiro atoms. The Morgan fingerprint density at radius 3 is 2.85 bits per heavy atom. The number of ether oxygens (including phenoxy) is 1. The van der Waals surface area contributed by atoms with E-state index in [1.54, 1.807) is 0 Å². The van der Waals surface area contributed by atoms with Gasteiger partial charge in [0.25, 0.3) is 0 Å². The zero-order valence-corrected chi connectivity index (χ0v) is 10.1. The molecule has 0 atom stereocenters. The Balaban J connectivity index is 2.02. The lowest BCUT2D eigenvalue weighted by Gasteiger charge is -2.12. The van der Waals surface area contributed by atoms with Gasteiger partial charge in [0.05, 0.1) is 11.4 Å². The molecule has 108 valence electrons. The maximum Gasteiger partial charge on any atom is 0.387 e. The van der Waals surface area contributed by atoms with Gasteiger partial charge in [-0.1, -0.05) is 5.16 Å². The molecule has 3 N–H and O–H groups in total. The fourth-order valence-electron chi connectivity index (χ4n) is 1.52. The van der Waals surface area contributed by atoms with E-state index in [1.807, 2.05) is 0 Å². The van der Waals surface area contributed by atoms with E-state index in [0.29, 0.717) is 18.8 Å². The van der Waals surface area contributed by atoms with E-state index in [1.165, 1.54) is 6.39 Å². The summed E-state index contributed by atoms with van der Waals surface area (Å²) in [6.07, 6.45) is 1.62. The van der Waals surface area contributed by atoms with Crippen LogP contribution in [-0.4, -0.2) is 23.3 Å². The van der Waals surface area contributed by atoms with Crippen molar-refractivity contribution in [1.82, 2.24) is 10.1 Å². The van der Waals surface area contributed by atoms with E-state index in [0.717, 1.165) is 12.1 Å². The summed E-state index contributed by atoms with van der Waals surface area (Å²) < 4.78 is 46.1. The van der Waals surface area contributed by atoms with E-state index in [2.05, 4.69) is 24.7 Å². The van der Waals surface area contributed by atoms with Gasteiger partial charge in [-0.15, -0.1) is 0 Å². The second-order valence-corrected chi connectivity index (χ2v) is 3.77. The van der Waals surface area contributed by atoms with Crippen LogP contribution in [0.1, 0.15) is 5.82 Å². The summed E-state index contributed by atoms with van der Waals surface area (Å²) in [5, 5.41) is 6.45. The van der Waals surface area contributed by atoms with Crippen LogP contribution in [0.3, 0.4) is 0 Å². The van der Waals surface area contributed by atoms with Crippen molar-refractivity contribution in [3.8, 4) is 5.75 Å². The Morgan fingerprint density at radius 2 is 2.20 bits per heavy atom. The topological polar surface area (TPSA) is 86.2 Å². The first-order valence-corrected chi connectivity index (χ1v) is 5.59. The number of hydrogen-bond acceptors (Lipinski definition) is 6. The molecule has 9 heteroatoms. The molecule has 0 fully saturated rings. The molecule has 1 aromatic carbocycles. The van der Waals surface area contributed by atoms with Gasteiger partial charge in [0.2, 0.25) is 6.39 Å². The summed E-state index contributed by atoms with van der Waals surface area (Å²) in [5.74, 6) is -1.05. The fraction of sp³-hybridized carbons (Fsp3) is 0.273. The van der Waals surface area contributed by atoms with Gasteiger partial charge >= 0.3 is 6.61 Å². The average molecular weight is 288 g/mol. The van der Waals surface area contributed by atoms with Crippen LogP contribution in [0.2, 0.25) is 0 Å². The Labute approximate surface area is 111 Å². The molecule has 0 unspecified atom stereocenters. The second kappa shape index (κ2) is 6.13. The van der Waals surface area contributed by atoms with Crippen molar-refractivity contribution < 1.29 is 22.4 Å². The first-order chi connectivity index (χ1) is 9.56. The number of nitrogens with zero attached hydrogens (tertiary/aromatic N) is 2. The van der Waals surface area contributed by atoms with Crippen molar-refractivity contribution in [3.63, 3.8) is 0 Å². The lowest BCUT2D eigenvalue weighted by molar-refractivity contribution is -0.0521. The fourth-order valence-corrected chi connectivity index (χ4v) is 1.52. The van der Waals surface area contributed by atoms with E-state index < -0.39 is 18.2 Å². The SMILES string of the molecule is Nc1cc(F)c(OC(F)F)cc1NCCc1ncon1. The number of aromatic nitrogens is 2. The highest BCUT2D eigenvalue weighted by molar-refractivity contribution is 5.68. The quantitative estimate of drug-likeness (QED) is 0.791. The minimum atomic E-state index is -3.11. The molecule has 2 aromatic rings. The number of nitrogen functional groups attached to an aromatic ring is 1. The third kappa shape index (κ3) is 3.53. The maximum atomic E-state index is 13.3. The summed E-state index contributed by atoms with van der Waals surface area (Å²) in [5.41, 5.74) is 5.95. The van der Waals surface area contributed by atoms with Gasteiger partial charge in [-0.05, 0) is 0 Å². The molecule has 0 aliphatic carbocycles. The molecule has 6 nitrogen and oxygen atoms in total. The number of anilines is 2. The summed E-state index contributed by atoms with van der Waals surface area (Å²) in [6.45, 7) is -2.75. The molecular formula is C11H11F3N4O2. The monoisotopic (exact) mass is 288 g/mol. The van der Waals surface area contributed by atoms with Crippen molar-refractivity contribution in [2.75, 3.05) is 17.6 Å². The molecule has 1 heterocycles. The summed E-state index contributed by atoms with van der Waals surface area (Å²) >= 11 is 0. The van der Waals surface area contributed by atoms with Crippen LogP contribution in [0, 0.1) is 5.82 Å². The molecule has 0 aliphatic heterocycles. The number of hydrogen-bond donors (Lipinski definition) is 2. The number of rotatable bonds is 6. The third-order valence-corrected chi connectivity index (χ3v) is 2.39. The minimum Gasteiger partial charge on any atom is -0.432 e. The van der Waals surface area contributed by atoms with Crippen LogP contribution in [0.15, 0.2) is 23.0 Å². The van der Waals surface area contributed by atoms with Crippen LogP contribution in [0.4, 0.5) is 24.5 Å². The van der Waals surface area contributed by atoms with Gasteiger partial charge in [0, 0.05) is 25.1 Å². The van der Waals surface area contributed by atoms with E-state index >= 15 is 0 Å².